The molecule has 1 atom stereocenters. The third-order valence-corrected chi connectivity index (χ3v) is 5.72. The molecule has 0 saturated carbocycles. The van der Waals surface area contributed by atoms with Gasteiger partial charge in [-0.25, -0.2) is 4.99 Å². The summed E-state index contributed by atoms with van der Waals surface area (Å²) in [5, 5.41) is 2.92. The molecule has 1 saturated heterocycles. The number of thioether (sulfide) groups is 1. The molecule has 0 spiro atoms. The largest absolute Gasteiger partial charge is 0.383 e. The van der Waals surface area contributed by atoms with Gasteiger partial charge in [-0.15, -0.1) is 0 Å². The number of ether oxygens (including phenoxy) is 1. The minimum absolute atomic E-state index is 0.0802. The van der Waals surface area contributed by atoms with E-state index in [9.17, 15) is 9.59 Å². The van der Waals surface area contributed by atoms with Crippen LogP contribution in [0, 0.1) is 0 Å². The van der Waals surface area contributed by atoms with Crippen molar-refractivity contribution in [3.8, 4) is 0 Å². The number of anilines is 1. The molecule has 1 aliphatic heterocycles. The first-order valence-electron chi connectivity index (χ1n) is 8.73. The van der Waals surface area contributed by atoms with Crippen LogP contribution in [0.3, 0.4) is 0 Å². The van der Waals surface area contributed by atoms with Crippen LogP contribution in [0.5, 0.6) is 0 Å². The van der Waals surface area contributed by atoms with Gasteiger partial charge >= 0.3 is 0 Å². The molecule has 2 aromatic carbocycles. The molecular formula is C20H20BrN3O3S. The smallest absolute Gasteiger partial charge is 0.242 e. The zero-order valence-electron chi connectivity index (χ0n) is 15.3. The number of benzene rings is 2. The van der Waals surface area contributed by atoms with Gasteiger partial charge in [0.15, 0.2) is 5.17 Å². The molecule has 0 radical (unpaired) electrons. The zero-order chi connectivity index (χ0) is 19.9. The topological polar surface area (TPSA) is 71.0 Å². The molecule has 3 rings (SSSR count). The second-order valence-electron chi connectivity index (χ2n) is 6.08. The third kappa shape index (κ3) is 5.43. The summed E-state index contributed by atoms with van der Waals surface area (Å²) in [6, 6.07) is 16.8. The second kappa shape index (κ2) is 9.86. The molecule has 1 fully saturated rings. The predicted octanol–water partition coefficient (Wildman–Crippen LogP) is 4.06. The van der Waals surface area contributed by atoms with Crippen LogP contribution in [-0.4, -0.2) is 47.4 Å². The van der Waals surface area contributed by atoms with Crippen LogP contribution >= 0.6 is 27.7 Å². The lowest BCUT2D eigenvalue weighted by atomic mass is 10.2. The fraction of sp³-hybridized carbons (Fsp3) is 0.250. The highest BCUT2D eigenvalue weighted by Gasteiger charge is 2.38. The van der Waals surface area contributed by atoms with Gasteiger partial charge in [-0.3, -0.25) is 14.5 Å². The minimum atomic E-state index is -0.505. The number of hydrogen-bond donors (Lipinski definition) is 1. The lowest BCUT2D eigenvalue weighted by Crippen LogP contribution is -2.35. The maximum atomic E-state index is 12.8. The number of halogens is 1. The van der Waals surface area contributed by atoms with Gasteiger partial charge in [-0.05, 0) is 36.4 Å². The van der Waals surface area contributed by atoms with Crippen molar-refractivity contribution < 1.29 is 14.3 Å². The Morgan fingerprint density at radius 2 is 1.93 bits per heavy atom. The Labute approximate surface area is 176 Å². The molecular weight excluding hydrogens is 442 g/mol. The first-order chi connectivity index (χ1) is 13.6. The van der Waals surface area contributed by atoms with E-state index < -0.39 is 5.25 Å². The van der Waals surface area contributed by atoms with Crippen molar-refractivity contribution in [2.75, 3.05) is 25.6 Å². The van der Waals surface area contributed by atoms with Crippen LogP contribution in [0.2, 0.25) is 0 Å². The number of hydrogen-bond acceptors (Lipinski definition) is 5. The van der Waals surface area contributed by atoms with Crippen LogP contribution in [-0.2, 0) is 14.3 Å². The molecule has 1 aliphatic rings. The number of carbonyl (C=O) groups is 2. The monoisotopic (exact) mass is 461 g/mol. The van der Waals surface area contributed by atoms with E-state index in [1.165, 1.54) is 11.8 Å². The summed E-state index contributed by atoms with van der Waals surface area (Å²) in [7, 11) is 1.59. The van der Waals surface area contributed by atoms with Crippen molar-refractivity contribution in [1.29, 1.82) is 0 Å². The lowest BCUT2D eigenvalue weighted by molar-refractivity contribution is -0.128. The number of para-hydroxylation sites is 1. The van der Waals surface area contributed by atoms with E-state index in [-0.39, 0.29) is 18.2 Å². The van der Waals surface area contributed by atoms with Crippen LogP contribution < -0.4 is 5.32 Å². The van der Waals surface area contributed by atoms with Crippen LogP contribution in [0.1, 0.15) is 6.42 Å². The van der Waals surface area contributed by atoms with Crippen molar-refractivity contribution in [2.45, 2.75) is 11.7 Å². The maximum absolute atomic E-state index is 12.8. The fourth-order valence-electron chi connectivity index (χ4n) is 2.64. The Kier molecular flexibility index (Phi) is 7.24. The summed E-state index contributed by atoms with van der Waals surface area (Å²) in [5.74, 6) is -0.330. The van der Waals surface area contributed by atoms with Gasteiger partial charge in [0.2, 0.25) is 11.8 Å². The number of nitrogens with one attached hydrogen (secondary N) is 1. The van der Waals surface area contributed by atoms with E-state index in [4.69, 9.17) is 4.74 Å². The summed E-state index contributed by atoms with van der Waals surface area (Å²) < 4.78 is 6.05. The zero-order valence-corrected chi connectivity index (χ0v) is 17.7. The molecule has 1 N–H and O–H groups in total. The number of amidine groups is 1. The number of rotatable bonds is 7. The molecule has 6 nitrogen and oxygen atoms in total. The van der Waals surface area contributed by atoms with Gasteiger partial charge in [0, 0.05) is 23.7 Å². The highest BCUT2D eigenvalue weighted by Crippen LogP contribution is 2.31. The minimum Gasteiger partial charge on any atom is -0.383 e. The van der Waals surface area contributed by atoms with E-state index in [0.717, 1.165) is 10.2 Å². The van der Waals surface area contributed by atoms with Gasteiger partial charge in [-0.1, -0.05) is 45.9 Å². The quantitative estimate of drug-likeness (QED) is 0.674. The Balaban J connectivity index is 1.70. The summed E-state index contributed by atoms with van der Waals surface area (Å²) in [4.78, 5) is 31.4. The molecule has 2 amide bonds. The molecule has 2 aromatic rings. The highest BCUT2D eigenvalue weighted by atomic mass is 79.9. The summed E-state index contributed by atoms with van der Waals surface area (Å²) in [6.07, 6.45) is 0.0802. The SMILES string of the molecule is COCCN1C(=O)C(CC(=O)Nc2ccc(Br)cc2)SC1=Nc1ccccc1. The van der Waals surface area contributed by atoms with Crippen LogP contribution in [0.15, 0.2) is 64.1 Å². The number of nitrogens with zero attached hydrogens (tertiary/aromatic N) is 2. The number of amides is 2. The first-order valence-corrected chi connectivity index (χ1v) is 10.4. The third-order valence-electron chi connectivity index (χ3n) is 4.02. The Morgan fingerprint density at radius 3 is 2.61 bits per heavy atom. The Hall–Kier alpha value is -2.16. The van der Waals surface area contributed by atoms with Crippen molar-refractivity contribution in [2.24, 2.45) is 4.99 Å². The molecule has 0 aromatic heterocycles. The van der Waals surface area contributed by atoms with Crippen molar-refractivity contribution >= 4 is 56.0 Å². The predicted molar refractivity (Wildman–Crippen MR) is 116 cm³/mol. The van der Waals surface area contributed by atoms with Crippen molar-refractivity contribution in [3.63, 3.8) is 0 Å². The van der Waals surface area contributed by atoms with E-state index in [0.29, 0.717) is 24.0 Å². The van der Waals surface area contributed by atoms with Crippen LogP contribution in [0.25, 0.3) is 0 Å². The lowest BCUT2D eigenvalue weighted by Gasteiger charge is -2.15. The molecule has 28 heavy (non-hydrogen) atoms. The van der Waals surface area contributed by atoms with Crippen molar-refractivity contribution in [3.05, 3.63) is 59.1 Å². The van der Waals surface area contributed by atoms with Gasteiger partial charge in [0.25, 0.3) is 0 Å². The number of aliphatic imine (C=N–C) groups is 1. The summed E-state index contributed by atoms with van der Waals surface area (Å²) >= 11 is 4.68. The normalized spacial score (nSPS) is 17.9. The molecule has 0 bridgehead atoms. The van der Waals surface area contributed by atoms with Gasteiger partial charge in [0.1, 0.15) is 5.25 Å². The van der Waals surface area contributed by atoms with E-state index in [2.05, 4.69) is 26.2 Å². The Morgan fingerprint density at radius 1 is 1.21 bits per heavy atom. The van der Waals surface area contributed by atoms with Gasteiger partial charge in [-0.2, -0.15) is 0 Å². The van der Waals surface area contributed by atoms with Crippen molar-refractivity contribution in [1.82, 2.24) is 4.90 Å². The molecule has 0 aliphatic carbocycles. The van der Waals surface area contributed by atoms with E-state index in [1.807, 2.05) is 42.5 Å². The molecule has 8 heteroatoms. The average molecular weight is 462 g/mol. The van der Waals surface area contributed by atoms with Gasteiger partial charge in [0.05, 0.1) is 18.8 Å². The highest BCUT2D eigenvalue weighted by molar-refractivity contribution is 9.10. The summed E-state index contributed by atoms with van der Waals surface area (Å²) in [6.45, 7) is 0.802. The second-order valence-corrected chi connectivity index (χ2v) is 8.16. The average Bonchev–Trinajstić information content (AvgIpc) is 2.97. The standard InChI is InChI=1S/C20H20BrN3O3S/c1-27-12-11-24-19(26)17(28-20(24)23-15-5-3-2-4-6-15)13-18(25)22-16-9-7-14(21)8-10-16/h2-10,17H,11-13H2,1H3,(H,22,25). The van der Waals surface area contributed by atoms with E-state index in [1.54, 1.807) is 24.1 Å². The Bertz CT molecular complexity index is 859. The van der Waals surface area contributed by atoms with Gasteiger partial charge < -0.3 is 10.1 Å². The maximum Gasteiger partial charge on any atom is 0.242 e. The molecule has 1 unspecified atom stereocenters. The fourth-order valence-corrected chi connectivity index (χ4v) is 4.09. The molecule has 146 valence electrons. The number of methoxy groups -OCH3 is 1. The van der Waals surface area contributed by atoms with E-state index >= 15 is 0 Å². The first kappa shape index (κ1) is 20.6. The summed E-state index contributed by atoms with van der Waals surface area (Å²) in [5.41, 5.74) is 1.46. The molecule has 1 heterocycles. The number of carbonyl (C=O) groups excluding carboxylic acids is 2. The van der Waals surface area contributed by atoms with Crippen LogP contribution in [0.4, 0.5) is 11.4 Å².